The van der Waals surface area contributed by atoms with E-state index < -0.39 is 0 Å². The third-order valence-corrected chi connectivity index (χ3v) is 6.97. The SMILES string of the molecule is O=c1[nH]c(N2CCN(c3ccccc3Cl)CC2)nc2c(-c3ccccc3Cl)csc12. The number of nitrogens with one attached hydrogen (secondary N) is 1. The van der Waals surface area contributed by atoms with Gasteiger partial charge in [-0.05, 0) is 18.2 Å². The molecule has 3 heterocycles. The number of thiophene rings is 1. The second-order valence-electron chi connectivity index (χ2n) is 7.12. The van der Waals surface area contributed by atoms with Crippen molar-refractivity contribution in [2.75, 3.05) is 36.0 Å². The number of piperazine rings is 1. The summed E-state index contributed by atoms with van der Waals surface area (Å²) in [5.41, 5.74) is 3.39. The van der Waals surface area contributed by atoms with Crippen LogP contribution in [0.2, 0.25) is 10.0 Å². The lowest BCUT2D eigenvalue weighted by molar-refractivity contribution is 0.640. The fourth-order valence-electron chi connectivity index (χ4n) is 3.80. The molecule has 1 N–H and O–H groups in total. The number of aromatic amines is 1. The molecule has 8 heteroatoms. The van der Waals surface area contributed by atoms with E-state index in [9.17, 15) is 4.79 Å². The van der Waals surface area contributed by atoms with Gasteiger partial charge in [0.05, 0.1) is 16.2 Å². The van der Waals surface area contributed by atoms with Crippen molar-refractivity contribution < 1.29 is 0 Å². The zero-order chi connectivity index (χ0) is 20.7. The molecule has 0 unspecified atom stereocenters. The van der Waals surface area contributed by atoms with Crippen molar-refractivity contribution in [3.63, 3.8) is 0 Å². The predicted molar refractivity (Wildman–Crippen MR) is 127 cm³/mol. The molecule has 0 radical (unpaired) electrons. The number of para-hydroxylation sites is 1. The molecule has 1 fully saturated rings. The Bertz CT molecular complexity index is 1280. The van der Waals surface area contributed by atoms with E-state index in [-0.39, 0.29) is 5.56 Å². The first kappa shape index (κ1) is 19.4. The molecule has 0 atom stereocenters. The average Bonchev–Trinajstić information content (AvgIpc) is 3.19. The topological polar surface area (TPSA) is 52.2 Å². The first-order valence-corrected chi connectivity index (χ1v) is 11.3. The number of H-pyrrole nitrogens is 1. The minimum absolute atomic E-state index is 0.119. The molecule has 4 aromatic rings. The minimum Gasteiger partial charge on any atom is -0.367 e. The van der Waals surface area contributed by atoms with Crippen molar-refractivity contribution in [2.45, 2.75) is 0 Å². The van der Waals surface area contributed by atoms with Gasteiger partial charge in [0.15, 0.2) is 0 Å². The van der Waals surface area contributed by atoms with Crippen LogP contribution in [0.15, 0.2) is 58.7 Å². The van der Waals surface area contributed by atoms with Gasteiger partial charge in [-0.25, -0.2) is 4.98 Å². The van der Waals surface area contributed by atoms with Crippen LogP contribution in [0.25, 0.3) is 21.3 Å². The standard InChI is InChI=1S/C22H18Cl2N4OS/c23-16-6-2-1-5-14(16)15-13-30-20-19(15)25-22(26-21(20)29)28-11-9-27(10-12-28)18-8-4-3-7-17(18)24/h1-8,13H,9-12H2,(H,25,26,29). The van der Waals surface area contributed by atoms with Crippen LogP contribution in [-0.4, -0.2) is 36.1 Å². The van der Waals surface area contributed by atoms with E-state index in [0.29, 0.717) is 21.2 Å². The maximum absolute atomic E-state index is 12.7. The normalized spacial score (nSPS) is 14.5. The third kappa shape index (κ3) is 3.45. The highest BCUT2D eigenvalue weighted by Gasteiger charge is 2.22. The molecule has 152 valence electrons. The van der Waals surface area contributed by atoms with E-state index in [1.54, 1.807) is 0 Å². The molecule has 0 amide bonds. The Kier molecular flexibility index (Phi) is 5.15. The summed E-state index contributed by atoms with van der Waals surface area (Å²) in [4.78, 5) is 24.9. The van der Waals surface area contributed by atoms with Gasteiger partial charge < -0.3 is 9.80 Å². The number of fused-ring (bicyclic) bond motifs is 1. The van der Waals surface area contributed by atoms with Crippen molar-refractivity contribution >= 4 is 56.4 Å². The molecule has 30 heavy (non-hydrogen) atoms. The van der Waals surface area contributed by atoms with E-state index >= 15 is 0 Å². The lowest BCUT2D eigenvalue weighted by Crippen LogP contribution is -2.47. The molecular formula is C22H18Cl2N4OS. The van der Waals surface area contributed by atoms with E-state index in [4.69, 9.17) is 28.2 Å². The molecule has 0 bridgehead atoms. The number of aromatic nitrogens is 2. The number of rotatable bonds is 3. The van der Waals surface area contributed by atoms with Crippen LogP contribution in [0.5, 0.6) is 0 Å². The third-order valence-electron chi connectivity index (χ3n) is 5.35. The molecule has 2 aromatic heterocycles. The van der Waals surface area contributed by atoms with Gasteiger partial charge in [-0.15, -0.1) is 11.3 Å². The maximum Gasteiger partial charge on any atom is 0.270 e. The van der Waals surface area contributed by atoms with Crippen molar-refractivity contribution in [1.82, 2.24) is 9.97 Å². The molecular weight excluding hydrogens is 439 g/mol. The second kappa shape index (κ2) is 7.95. The Morgan fingerprint density at radius 2 is 1.53 bits per heavy atom. The van der Waals surface area contributed by atoms with Crippen molar-refractivity contribution in [1.29, 1.82) is 0 Å². The van der Waals surface area contributed by atoms with Gasteiger partial charge in [0.1, 0.15) is 4.70 Å². The Balaban J connectivity index is 1.46. The molecule has 1 aliphatic rings. The Labute approximate surface area is 187 Å². The Hall–Kier alpha value is -2.54. The monoisotopic (exact) mass is 456 g/mol. The van der Waals surface area contributed by atoms with E-state index in [0.717, 1.165) is 48.0 Å². The summed E-state index contributed by atoms with van der Waals surface area (Å²) < 4.78 is 0.614. The number of hydrogen-bond acceptors (Lipinski definition) is 5. The summed E-state index contributed by atoms with van der Waals surface area (Å²) in [6, 6.07) is 15.5. The fraction of sp³-hybridized carbons (Fsp3) is 0.182. The highest BCUT2D eigenvalue weighted by molar-refractivity contribution is 7.17. The zero-order valence-electron chi connectivity index (χ0n) is 15.9. The van der Waals surface area contributed by atoms with Crippen LogP contribution in [0.1, 0.15) is 0 Å². The van der Waals surface area contributed by atoms with Gasteiger partial charge in [-0.3, -0.25) is 9.78 Å². The molecule has 2 aromatic carbocycles. The summed E-state index contributed by atoms with van der Waals surface area (Å²) in [5.74, 6) is 0.595. The number of hydrogen-bond donors (Lipinski definition) is 1. The van der Waals surface area contributed by atoms with E-state index in [1.807, 2.05) is 53.9 Å². The summed E-state index contributed by atoms with van der Waals surface area (Å²) >= 11 is 14.1. The highest BCUT2D eigenvalue weighted by Crippen LogP contribution is 2.35. The van der Waals surface area contributed by atoms with Crippen LogP contribution < -0.4 is 15.4 Å². The number of benzene rings is 2. The largest absolute Gasteiger partial charge is 0.367 e. The zero-order valence-corrected chi connectivity index (χ0v) is 18.3. The average molecular weight is 457 g/mol. The molecule has 0 spiro atoms. The van der Waals surface area contributed by atoms with Crippen molar-refractivity contribution in [3.8, 4) is 11.1 Å². The Morgan fingerprint density at radius 3 is 2.27 bits per heavy atom. The number of nitrogens with zero attached hydrogens (tertiary/aromatic N) is 3. The predicted octanol–water partition coefficient (Wildman–Crippen LogP) is 5.29. The van der Waals surface area contributed by atoms with Crippen LogP contribution in [0, 0.1) is 0 Å². The van der Waals surface area contributed by atoms with Gasteiger partial charge in [-0.2, -0.15) is 0 Å². The summed E-state index contributed by atoms with van der Waals surface area (Å²) in [6.07, 6.45) is 0. The second-order valence-corrected chi connectivity index (χ2v) is 8.82. The number of anilines is 2. The van der Waals surface area contributed by atoms with Crippen LogP contribution >= 0.6 is 34.5 Å². The van der Waals surface area contributed by atoms with Gasteiger partial charge in [0, 0.05) is 47.7 Å². The molecule has 0 aliphatic carbocycles. The number of halogens is 2. The van der Waals surface area contributed by atoms with Crippen LogP contribution in [-0.2, 0) is 0 Å². The first-order chi connectivity index (χ1) is 14.6. The van der Waals surface area contributed by atoms with Gasteiger partial charge in [0.25, 0.3) is 5.56 Å². The highest BCUT2D eigenvalue weighted by atomic mass is 35.5. The van der Waals surface area contributed by atoms with Gasteiger partial charge in [0.2, 0.25) is 5.95 Å². The lowest BCUT2D eigenvalue weighted by Gasteiger charge is -2.36. The van der Waals surface area contributed by atoms with Gasteiger partial charge in [-0.1, -0.05) is 53.5 Å². The quantitative estimate of drug-likeness (QED) is 0.455. The first-order valence-electron chi connectivity index (χ1n) is 9.62. The molecule has 1 saturated heterocycles. The van der Waals surface area contributed by atoms with Crippen LogP contribution in [0.4, 0.5) is 11.6 Å². The van der Waals surface area contributed by atoms with E-state index in [2.05, 4.69) is 14.8 Å². The summed E-state index contributed by atoms with van der Waals surface area (Å²) in [5, 5.41) is 3.35. The van der Waals surface area contributed by atoms with Gasteiger partial charge >= 0.3 is 0 Å². The molecule has 1 aliphatic heterocycles. The van der Waals surface area contributed by atoms with E-state index in [1.165, 1.54) is 11.3 Å². The summed E-state index contributed by atoms with van der Waals surface area (Å²) in [7, 11) is 0. The molecule has 5 rings (SSSR count). The fourth-order valence-corrected chi connectivity index (χ4v) is 5.20. The minimum atomic E-state index is -0.119. The lowest BCUT2D eigenvalue weighted by atomic mass is 10.1. The smallest absolute Gasteiger partial charge is 0.270 e. The summed E-state index contributed by atoms with van der Waals surface area (Å²) in [6.45, 7) is 3.08. The van der Waals surface area contributed by atoms with Crippen molar-refractivity contribution in [2.24, 2.45) is 0 Å². The maximum atomic E-state index is 12.7. The Morgan fingerprint density at radius 1 is 0.867 bits per heavy atom. The van der Waals surface area contributed by atoms with Crippen LogP contribution in [0.3, 0.4) is 0 Å². The molecule has 0 saturated carbocycles. The van der Waals surface area contributed by atoms with Crippen molar-refractivity contribution in [3.05, 3.63) is 74.3 Å². The molecule has 5 nitrogen and oxygen atoms in total.